The lowest BCUT2D eigenvalue weighted by Gasteiger charge is -2.31. The number of anilines is 3. The first-order valence-corrected chi connectivity index (χ1v) is 21.8. The molecular formula is C60H45NO. The summed E-state index contributed by atoms with van der Waals surface area (Å²) < 4.78 is 6.55. The van der Waals surface area contributed by atoms with E-state index in [4.69, 9.17) is 4.42 Å². The van der Waals surface area contributed by atoms with Gasteiger partial charge in [0.2, 0.25) is 0 Å². The van der Waals surface area contributed by atoms with Crippen molar-refractivity contribution in [2.24, 2.45) is 0 Å². The van der Waals surface area contributed by atoms with E-state index in [1.54, 1.807) is 0 Å². The zero-order valence-corrected chi connectivity index (χ0v) is 35.4. The summed E-state index contributed by atoms with van der Waals surface area (Å²) in [5.41, 5.74) is 22.8. The van der Waals surface area contributed by atoms with Crippen LogP contribution in [-0.2, 0) is 10.8 Å². The highest BCUT2D eigenvalue weighted by Crippen LogP contribution is 2.55. The quantitative estimate of drug-likeness (QED) is 0.167. The Kier molecular flexibility index (Phi) is 7.96. The number of rotatable bonds is 6. The first kappa shape index (κ1) is 36.4. The Morgan fingerprint density at radius 3 is 1.71 bits per heavy atom. The van der Waals surface area contributed by atoms with Gasteiger partial charge in [-0.1, -0.05) is 185 Å². The zero-order chi connectivity index (χ0) is 41.7. The largest absolute Gasteiger partial charge is 0.456 e. The molecule has 1 heterocycles. The maximum atomic E-state index is 6.55. The summed E-state index contributed by atoms with van der Waals surface area (Å²) in [5, 5.41) is 2.19. The number of para-hydroxylation sites is 1. The van der Waals surface area contributed by atoms with Crippen molar-refractivity contribution in [2.75, 3.05) is 4.90 Å². The number of fused-ring (bicyclic) bond motifs is 9. The van der Waals surface area contributed by atoms with Gasteiger partial charge in [0.25, 0.3) is 0 Å². The monoisotopic (exact) mass is 795 g/mol. The number of hydrogen-bond donors (Lipinski definition) is 0. The Morgan fingerprint density at radius 2 is 0.919 bits per heavy atom. The van der Waals surface area contributed by atoms with Gasteiger partial charge in [0.1, 0.15) is 11.2 Å². The summed E-state index contributed by atoms with van der Waals surface area (Å²) >= 11 is 0. The van der Waals surface area contributed by atoms with Gasteiger partial charge in [-0.2, -0.15) is 0 Å². The number of nitrogens with zero attached hydrogens (tertiary/aromatic N) is 1. The zero-order valence-electron chi connectivity index (χ0n) is 35.4. The van der Waals surface area contributed by atoms with Gasteiger partial charge in [0, 0.05) is 27.5 Å². The molecule has 0 amide bonds. The fourth-order valence-corrected chi connectivity index (χ4v) is 11.0. The predicted molar refractivity (Wildman–Crippen MR) is 260 cm³/mol. The van der Waals surface area contributed by atoms with E-state index >= 15 is 0 Å². The molecule has 2 heteroatoms. The van der Waals surface area contributed by atoms with E-state index in [1.807, 2.05) is 0 Å². The first-order valence-electron chi connectivity index (χ1n) is 21.8. The van der Waals surface area contributed by atoms with Crippen molar-refractivity contribution in [1.29, 1.82) is 0 Å². The molecule has 296 valence electrons. The van der Waals surface area contributed by atoms with Gasteiger partial charge in [-0.05, 0) is 115 Å². The topological polar surface area (TPSA) is 16.4 Å². The molecule has 0 radical (unpaired) electrons. The molecule has 0 saturated carbocycles. The van der Waals surface area contributed by atoms with Crippen LogP contribution in [0, 0.1) is 0 Å². The molecule has 12 rings (SSSR count). The SMILES string of the molecule is CC1(C)c2ccccc2-c2cc(-c3ccc(N(c4cccc(-c5cccc6c5C(C)(C)c5ccccc5-6)c4-c4ccccc4)c4cccc5oc6ccccc6c45)cc3)ccc21. The van der Waals surface area contributed by atoms with Gasteiger partial charge < -0.3 is 9.32 Å². The van der Waals surface area contributed by atoms with Crippen LogP contribution in [-0.4, -0.2) is 0 Å². The lowest BCUT2D eigenvalue weighted by atomic mass is 9.77. The molecule has 1 aromatic heterocycles. The van der Waals surface area contributed by atoms with Crippen LogP contribution in [0.1, 0.15) is 49.9 Å². The van der Waals surface area contributed by atoms with Crippen LogP contribution in [0.3, 0.4) is 0 Å². The summed E-state index contributed by atoms with van der Waals surface area (Å²) in [6.07, 6.45) is 0. The minimum absolute atomic E-state index is 0.0301. The molecule has 10 aromatic rings. The van der Waals surface area contributed by atoms with Crippen molar-refractivity contribution < 1.29 is 4.42 Å². The summed E-state index contributed by atoms with van der Waals surface area (Å²) in [6, 6.07) is 73.6. The van der Waals surface area contributed by atoms with Gasteiger partial charge in [-0.3, -0.25) is 0 Å². The maximum Gasteiger partial charge on any atom is 0.137 e. The molecule has 0 aliphatic heterocycles. The predicted octanol–water partition coefficient (Wildman–Crippen LogP) is 16.7. The molecule has 0 saturated heterocycles. The molecule has 0 unspecified atom stereocenters. The highest BCUT2D eigenvalue weighted by atomic mass is 16.3. The van der Waals surface area contributed by atoms with Gasteiger partial charge in [-0.15, -0.1) is 0 Å². The van der Waals surface area contributed by atoms with Crippen molar-refractivity contribution in [1.82, 2.24) is 0 Å². The van der Waals surface area contributed by atoms with E-state index in [2.05, 4.69) is 233 Å². The molecule has 2 aliphatic carbocycles. The Hall–Kier alpha value is -7.42. The lowest BCUT2D eigenvalue weighted by Crippen LogP contribution is -2.16. The second-order valence-electron chi connectivity index (χ2n) is 18.0. The summed E-state index contributed by atoms with van der Waals surface area (Å²) in [7, 11) is 0. The standard InChI is InChI=1S/C60H45NO/c1-59(2)49-25-11-9-20-43(49)48-37-40(33-36-51(48)59)38-31-34-41(35-32-38)61(53-28-16-30-55-57(53)47-21-10-13-29-54(47)62-55)52-27-15-22-44(56(52)39-17-6-5-7-18-39)46-24-14-23-45-42-19-8-12-26-50(42)60(3,4)58(45)46/h5-37H,1-4H3. The van der Waals surface area contributed by atoms with Crippen molar-refractivity contribution in [3.63, 3.8) is 0 Å². The smallest absolute Gasteiger partial charge is 0.137 e. The van der Waals surface area contributed by atoms with Crippen molar-refractivity contribution in [3.8, 4) is 55.6 Å². The highest BCUT2D eigenvalue weighted by Gasteiger charge is 2.38. The number of hydrogen-bond acceptors (Lipinski definition) is 2. The lowest BCUT2D eigenvalue weighted by molar-refractivity contribution is 0.660. The third-order valence-corrected chi connectivity index (χ3v) is 13.9. The van der Waals surface area contributed by atoms with Crippen LogP contribution in [0.2, 0.25) is 0 Å². The molecule has 0 spiro atoms. The normalized spacial score (nSPS) is 14.1. The molecule has 0 bridgehead atoms. The van der Waals surface area contributed by atoms with Crippen molar-refractivity contribution in [2.45, 2.75) is 38.5 Å². The molecule has 62 heavy (non-hydrogen) atoms. The molecule has 9 aromatic carbocycles. The van der Waals surface area contributed by atoms with E-state index in [0.29, 0.717) is 0 Å². The summed E-state index contributed by atoms with van der Waals surface area (Å²) in [4.78, 5) is 2.46. The minimum Gasteiger partial charge on any atom is -0.456 e. The second kappa shape index (κ2) is 13.5. The molecule has 0 atom stereocenters. The average Bonchev–Trinajstić information content (AvgIpc) is 3.90. The average molecular weight is 796 g/mol. The van der Waals surface area contributed by atoms with E-state index in [-0.39, 0.29) is 10.8 Å². The van der Waals surface area contributed by atoms with Crippen molar-refractivity contribution >= 4 is 39.0 Å². The van der Waals surface area contributed by atoms with E-state index in [0.717, 1.165) is 44.6 Å². The molecule has 2 aliphatic rings. The van der Waals surface area contributed by atoms with E-state index < -0.39 is 0 Å². The van der Waals surface area contributed by atoms with Crippen LogP contribution in [0.25, 0.3) is 77.6 Å². The van der Waals surface area contributed by atoms with E-state index in [1.165, 1.54) is 72.3 Å². The Morgan fingerprint density at radius 1 is 0.371 bits per heavy atom. The third kappa shape index (κ3) is 5.29. The summed E-state index contributed by atoms with van der Waals surface area (Å²) in [5.74, 6) is 0. The Bertz CT molecular complexity index is 3400. The highest BCUT2D eigenvalue weighted by molar-refractivity contribution is 6.14. The fraction of sp³-hybridized carbons (Fsp3) is 0.100. The van der Waals surface area contributed by atoms with Crippen LogP contribution in [0.4, 0.5) is 17.1 Å². The van der Waals surface area contributed by atoms with Crippen LogP contribution in [0.15, 0.2) is 205 Å². The van der Waals surface area contributed by atoms with Gasteiger partial charge in [0.05, 0.1) is 16.8 Å². The van der Waals surface area contributed by atoms with Crippen LogP contribution < -0.4 is 4.90 Å². The minimum atomic E-state index is -0.182. The number of benzene rings is 9. The van der Waals surface area contributed by atoms with Crippen LogP contribution >= 0.6 is 0 Å². The molecular weight excluding hydrogens is 751 g/mol. The van der Waals surface area contributed by atoms with E-state index in [9.17, 15) is 0 Å². The Labute approximate surface area is 363 Å². The van der Waals surface area contributed by atoms with Crippen LogP contribution in [0.5, 0.6) is 0 Å². The third-order valence-electron chi connectivity index (χ3n) is 13.9. The molecule has 2 nitrogen and oxygen atoms in total. The number of furan rings is 1. The van der Waals surface area contributed by atoms with Gasteiger partial charge in [0.15, 0.2) is 0 Å². The molecule has 0 fully saturated rings. The maximum absolute atomic E-state index is 6.55. The second-order valence-corrected chi connectivity index (χ2v) is 18.0. The first-order chi connectivity index (χ1) is 30.3. The Balaban J connectivity index is 1.09. The fourth-order valence-electron chi connectivity index (χ4n) is 11.0. The molecule has 0 N–H and O–H groups in total. The van der Waals surface area contributed by atoms with Crippen molar-refractivity contribution in [3.05, 3.63) is 222 Å². The van der Waals surface area contributed by atoms with Gasteiger partial charge >= 0.3 is 0 Å². The summed E-state index contributed by atoms with van der Waals surface area (Å²) in [6.45, 7) is 9.45. The van der Waals surface area contributed by atoms with Gasteiger partial charge in [-0.25, -0.2) is 0 Å².